The molecule has 0 aliphatic heterocycles. The predicted molar refractivity (Wildman–Crippen MR) is 72.2 cm³/mol. The average Bonchev–Trinajstić information content (AvgIpc) is 2.19. The van der Waals surface area contributed by atoms with Crippen molar-refractivity contribution in [3.8, 4) is 0 Å². The van der Waals surface area contributed by atoms with Gasteiger partial charge in [0.2, 0.25) is 5.91 Å². The topological polar surface area (TPSA) is 55.1 Å². The van der Waals surface area contributed by atoms with Crippen LogP contribution in [0.4, 0.5) is 5.69 Å². The molecule has 0 bridgehead atoms. The van der Waals surface area contributed by atoms with Crippen LogP contribution in [0.2, 0.25) is 0 Å². The van der Waals surface area contributed by atoms with E-state index >= 15 is 0 Å². The highest BCUT2D eigenvalue weighted by molar-refractivity contribution is 5.95. The van der Waals surface area contributed by atoms with Gasteiger partial charge in [0.1, 0.15) is 0 Å². The first-order valence-electron chi connectivity index (χ1n) is 6.07. The SMILES string of the molecule is Cc1c(NC(C)CC(C)C)cccc1C(N)=O. The van der Waals surface area contributed by atoms with E-state index in [9.17, 15) is 4.79 Å². The largest absolute Gasteiger partial charge is 0.382 e. The minimum Gasteiger partial charge on any atom is -0.382 e. The lowest BCUT2D eigenvalue weighted by molar-refractivity contribution is 0.1000. The van der Waals surface area contributed by atoms with E-state index in [4.69, 9.17) is 5.73 Å². The lowest BCUT2D eigenvalue weighted by Crippen LogP contribution is -2.19. The van der Waals surface area contributed by atoms with Crippen molar-refractivity contribution < 1.29 is 4.79 Å². The van der Waals surface area contributed by atoms with E-state index in [1.165, 1.54) is 0 Å². The summed E-state index contributed by atoms with van der Waals surface area (Å²) in [5.74, 6) is 0.278. The second-order valence-electron chi connectivity index (χ2n) is 5.02. The van der Waals surface area contributed by atoms with Crippen LogP contribution in [0.25, 0.3) is 0 Å². The highest BCUT2D eigenvalue weighted by atomic mass is 16.1. The van der Waals surface area contributed by atoms with Gasteiger partial charge in [0.25, 0.3) is 0 Å². The molecule has 1 unspecified atom stereocenters. The zero-order valence-corrected chi connectivity index (χ0v) is 11.1. The van der Waals surface area contributed by atoms with E-state index in [1.807, 2.05) is 19.1 Å². The summed E-state index contributed by atoms with van der Waals surface area (Å²) in [7, 11) is 0. The van der Waals surface area contributed by atoms with Crippen molar-refractivity contribution >= 4 is 11.6 Å². The Morgan fingerprint density at radius 3 is 2.53 bits per heavy atom. The molecule has 0 aliphatic rings. The number of anilines is 1. The van der Waals surface area contributed by atoms with Gasteiger partial charge in [-0.3, -0.25) is 4.79 Å². The van der Waals surface area contributed by atoms with Crippen LogP contribution in [-0.2, 0) is 0 Å². The number of primary amides is 1. The number of nitrogens with one attached hydrogen (secondary N) is 1. The van der Waals surface area contributed by atoms with E-state index in [1.54, 1.807) is 6.07 Å². The molecule has 0 fully saturated rings. The van der Waals surface area contributed by atoms with Crippen LogP contribution < -0.4 is 11.1 Å². The average molecular weight is 234 g/mol. The Morgan fingerprint density at radius 1 is 1.35 bits per heavy atom. The van der Waals surface area contributed by atoms with Crippen molar-refractivity contribution in [1.82, 2.24) is 0 Å². The monoisotopic (exact) mass is 234 g/mol. The van der Waals surface area contributed by atoms with E-state index in [0.29, 0.717) is 17.5 Å². The van der Waals surface area contributed by atoms with Gasteiger partial charge in [-0.05, 0) is 43.9 Å². The number of benzene rings is 1. The maximum atomic E-state index is 11.2. The molecular formula is C14H22N2O. The maximum Gasteiger partial charge on any atom is 0.249 e. The van der Waals surface area contributed by atoms with Gasteiger partial charge in [0.15, 0.2) is 0 Å². The van der Waals surface area contributed by atoms with E-state index in [2.05, 4.69) is 26.1 Å². The van der Waals surface area contributed by atoms with Crippen LogP contribution in [-0.4, -0.2) is 11.9 Å². The molecule has 0 aromatic heterocycles. The number of hydrogen-bond donors (Lipinski definition) is 2. The van der Waals surface area contributed by atoms with Crippen LogP contribution in [0.3, 0.4) is 0 Å². The molecular weight excluding hydrogens is 212 g/mol. The van der Waals surface area contributed by atoms with Crippen LogP contribution in [0, 0.1) is 12.8 Å². The predicted octanol–water partition coefficient (Wildman–Crippen LogP) is 2.94. The van der Waals surface area contributed by atoms with E-state index < -0.39 is 0 Å². The highest BCUT2D eigenvalue weighted by Crippen LogP contribution is 2.20. The third-order valence-corrected chi connectivity index (χ3v) is 2.83. The van der Waals surface area contributed by atoms with Crippen molar-refractivity contribution in [2.45, 2.75) is 40.2 Å². The first-order valence-corrected chi connectivity index (χ1v) is 6.07. The van der Waals surface area contributed by atoms with Gasteiger partial charge in [0.05, 0.1) is 0 Å². The summed E-state index contributed by atoms with van der Waals surface area (Å²) in [4.78, 5) is 11.2. The Kier molecular flexibility index (Phi) is 4.55. The molecule has 1 rings (SSSR count). The Morgan fingerprint density at radius 2 is 2.00 bits per heavy atom. The van der Waals surface area contributed by atoms with Crippen molar-refractivity contribution in [2.24, 2.45) is 11.7 Å². The zero-order chi connectivity index (χ0) is 13.0. The molecule has 0 spiro atoms. The summed E-state index contributed by atoms with van der Waals surface area (Å²) in [5.41, 5.74) is 7.84. The van der Waals surface area contributed by atoms with Gasteiger partial charge < -0.3 is 11.1 Å². The minimum absolute atomic E-state index is 0.373. The number of nitrogens with two attached hydrogens (primary N) is 1. The number of hydrogen-bond acceptors (Lipinski definition) is 2. The molecule has 1 aromatic carbocycles. The molecule has 1 amide bonds. The summed E-state index contributed by atoms with van der Waals surface area (Å²) >= 11 is 0. The number of carbonyl (C=O) groups is 1. The van der Waals surface area contributed by atoms with Gasteiger partial charge in [-0.2, -0.15) is 0 Å². The van der Waals surface area contributed by atoms with Crippen LogP contribution in [0.15, 0.2) is 18.2 Å². The van der Waals surface area contributed by atoms with E-state index in [-0.39, 0.29) is 5.91 Å². The molecule has 3 nitrogen and oxygen atoms in total. The van der Waals surface area contributed by atoms with Gasteiger partial charge in [0, 0.05) is 17.3 Å². The van der Waals surface area contributed by atoms with Gasteiger partial charge in [-0.15, -0.1) is 0 Å². The van der Waals surface area contributed by atoms with Crippen molar-refractivity contribution in [1.29, 1.82) is 0 Å². The highest BCUT2D eigenvalue weighted by Gasteiger charge is 2.10. The molecule has 3 heteroatoms. The second kappa shape index (κ2) is 5.71. The van der Waals surface area contributed by atoms with Crippen molar-refractivity contribution in [3.63, 3.8) is 0 Å². The molecule has 17 heavy (non-hydrogen) atoms. The summed E-state index contributed by atoms with van der Waals surface area (Å²) in [6.45, 7) is 8.47. The Hall–Kier alpha value is -1.51. The van der Waals surface area contributed by atoms with Crippen LogP contribution >= 0.6 is 0 Å². The Bertz CT molecular complexity index is 399. The Balaban J connectivity index is 2.85. The van der Waals surface area contributed by atoms with Gasteiger partial charge in [-0.1, -0.05) is 19.9 Å². The van der Waals surface area contributed by atoms with Gasteiger partial charge in [-0.25, -0.2) is 0 Å². The number of carbonyl (C=O) groups excluding carboxylic acids is 1. The second-order valence-corrected chi connectivity index (χ2v) is 5.02. The van der Waals surface area contributed by atoms with Gasteiger partial charge >= 0.3 is 0 Å². The molecule has 1 atom stereocenters. The van der Waals surface area contributed by atoms with Crippen LogP contribution in [0.5, 0.6) is 0 Å². The molecule has 0 radical (unpaired) electrons. The van der Waals surface area contributed by atoms with Crippen molar-refractivity contribution in [3.05, 3.63) is 29.3 Å². The van der Waals surface area contributed by atoms with E-state index in [0.717, 1.165) is 17.7 Å². The molecule has 94 valence electrons. The maximum absolute atomic E-state index is 11.2. The molecule has 1 aromatic rings. The fraction of sp³-hybridized carbons (Fsp3) is 0.500. The lowest BCUT2D eigenvalue weighted by Gasteiger charge is -2.19. The summed E-state index contributed by atoms with van der Waals surface area (Å²) in [5, 5.41) is 3.43. The first-order chi connectivity index (χ1) is 7.91. The molecule has 0 saturated carbocycles. The fourth-order valence-corrected chi connectivity index (χ4v) is 2.09. The third-order valence-electron chi connectivity index (χ3n) is 2.83. The third kappa shape index (κ3) is 3.77. The summed E-state index contributed by atoms with van der Waals surface area (Å²) in [6.07, 6.45) is 1.10. The summed E-state index contributed by atoms with van der Waals surface area (Å²) < 4.78 is 0. The normalized spacial score (nSPS) is 12.5. The lowest BCUT2D eigenvalue weighted by atomic mass is 10.0. The first kappa shape index (κ1) is 13.6. The molecule has 0 aliphatic carbocycles. The minimum atomic E-state index is -0.373. The fourth-order valence-electron chi connectivity index (χ4n) is 2.09. The Labute approximate surface area is 103 Å². The number of amides is 1. The molecule has 0 heterocycles. The van der Waals surface area contributed by atoms with Crippen LogP contribution in [0.1, 0.15) is 43.1 Å². The summed E-state index contributed by atoms with van der Waals surface area (Å²) in [6, 6.07) is 5.99. The van der Waals surface area contributed by atoms with Crippen molar-refractivity contribution in [2.75, 3.05) is 5.32 Å². The smallest absolute Gasteiger partial charge is 0.249 e. The standard InChI is InChI=1S/C14H22N2O/c1-9(2)8-10(3)16-13-7-5-6-12(11(13)4)14(15)17/h5-7,9-10,16H,8H2,1-4H3,(H2,15,17). The molecule has 3 N–H and O–H groups in total. The number of rotatable bonds is 5. The molecule has 0 saturated heterocycles. The zero-order valence-electron chi connectivity index (χ0n) is 11.1. The quantitative estimate of drug-likeness (QED) is 0.823.